The van der Waals surface area contributed by atoms with Crippen molar-refractivity contribution in [3.05, 3.63) is 60.4 Å². The van der Waals surface area contributed by atoms with Crippen molar-refractivity contribution >= 4 is 6.03 Å². The molecule has 114 valence electrons. The van der Waals surface area contributed by atoms with Crippen LogP contribution in [0, 0.1) is 0 Å². The SMILES string of the molecule is O=C(NCc1ccccc1)N1CCC(Oc2ccncc2)C1. The Hall–Kier alpha value is -2.56. The van der Waals surface area contributed by atoms with E-state index in [2.05, 4.69) is 10.3 Å². The number of urea groups is 1. The molecule has 1 aromatic carbocycles. The fourth-order valence-electron chi connectivity index (χ4n) is 2.50. The minimum atomic E-state index is -0.0373. The number of carbonyl (C=O) groups is 1. The Morgan fingerprint density at radius 3 is 2.77 bits per heavy atom. The van der Waals surface area contributed by atoms with E-state index in [4.69, 9.17) is 4.74 Å². The molecule has 3 rings (SSSR count). The van der Waals surface area contributed by atoms with E-state index >= 15 is 0 Å². The summed E-state index contributed by atoms with van der Waals surface area (Å²) in [6, 6.07) is 13.5. The molecule has 0 bridgehead atoms. The Labute approximate surface area is 129 Å². The van der Waals surface area contributed by atoms with Crippen molar-refractivity contribution in [1.29, 1.82) is 0 Å². The molecular weight excluding hydrogens is 278 g/mol. The van der Waals surface area contributed by atoms with E-state index in [1.165, 1.54) is 0 Å². The van der Waals surface area contributed by atoms with Gasteiger partial charge in [-0.1, -0.05) is 30.3 Å². The zero-order valence-electron chi connectivity index (χ0n) is 12.3. The number of rotatable bonds is 4. The normalized spacial score (nSPS) is 17.3. The predicted octanol–water partition coefficient (Wildman–Crippen LogP) is 2.44. The maximum Gasteiger partial charge on any atom is 0.317 e. The van der Waals surface area contributed by atoms with Gasteiger partial charge in [0.15, 0.2) is 0 Å². The van der Waals surface area contributed by atoms with Crippen molar-refractivity contribution in [2.24, 2.45) is 0 Å². The van der Waals surface area contributed by atoms with Crippen LogP contribution in [0.2, 0.25) is 0 Å². The minimum absolute atomic E-state index is 0.0373. The van der Waals surface area contributed by atoms with Gasteiger partial charge in [-0.05, 0) is 17.7 Å². The maximum absolute atomic E-state index is 12.2. The van der Waals surface area contributed by atoms with Crippen molar-refractivity contribution in [2.45, 2.75) is 19.1 Å². The largest absolute Gasteiger partial charge is 0.488 e. The molecule has 0 radical (unpaired) electrons. The summed E-state index contributed by atoms with van der Waals surface area (Å²) < 4.78 is 5.86. The van der Waals surface area contributed by atoms with Gasteiger partial charge in [-0.25, -0.2) is 4.79 Å². The molecule has 0 aliphatic carbocycles. The molecule has 1 saturated heterocycles. The lowest BCUT2D eigenvalue weighted by atomic mass is 10.2. The molecular formula is C17H19N3O2. The van der Waals surface area contributed by atoms with Crippen molar-refractivity contribution in [1.82, 2.24) is 15.2 Å². The Balaban J connectivity index is 1.46. The van der Waals surface area contributed by atoms with Crippen LogP contribution in [0.4, 0.5) is 4.79 Å². The third-order valence-corrected chi connectivity index (χ3v) is 3.67. The summed E-state index contributed by atoms with van der Waals surface area (Å²) in [7, 11) is 0. The zero-order valence-corrected chi connectivity index (χ0v) is 12.3. The van der Waals surface area contributed by atoms with Crippen LogP contribution in [0.25, 0.3) is 0 Å². The van der Waals surface area contributed by atoms with Crippen LogP contribution in [0.1, 0.15) is 12.0 Å². The summed E-state index contributed by atoms with van der Waals surface area (Å²) in [5.74, 6) is 0.798. The second-order valence-corrected chi connectivity index (χ2v) is 5.30. The van der Waals surface area contributed by atoms with Crippen LogP contribution in [-0.2, 0) is 6.54 Å². The third-order valence-electron chi connectivity index (χ3n) is 3.67. The Morgan fingerprint density at radius 1 is 1.23 bits per heavy atom. The summed E-state index contributed by atoms with van der Waals surface area (Å²) in [5.41, 5.74) is 1.10. The number of carbonyl (C=O) groups excluding carboxylic acids is 1. The first-order valence-corrected chi connectivity index (χ1v) is 7.44. The highest BCUT2D eigenvalue weighted by Crippen LogP contribution is 2.17. The van der Waals surface area contributed by atoms with Gasteiger partial charge in [-0.3, -0.25) is 4.98 Å². The van der Waals surface area contributed by atoms with E-state index in [1.54, 1.807) is 17.3 Å². The third kappa shape index (κ3) is 3.75. The van der Waals surface area contributed by atoms with Gasteiger partial charge in [0.25, 0.3) is 0 Å². The van der Waals surface area contributed by atoms with Crippen LogP contribution < -0.4 is 10.1 Å². The average Bonchev–Trinajstić information content (AvgIpc) is 3.03. The smallest absolute Gasteiger partial charge is 0.317 e. The number of amides is 2. The van der Waals surface area contributed by atoms with Crippen LogP contribution >= 0.6 is 0 Å². The minimum Gasteiger partial charge on any atom is -0.488 e. The fraction of sp³-hybridized carbons (Fsp3) is 0.294. The van der Waals surface area contributed by atoms with Crippen molar-refractivity contribution in [3.8, 4) is 5.75 Å². The number of pyridine rings is 1. The average molecular weight is 297 g/mol. The molecule has 5 nitrogen and oxygen atoms in total. The summed E-state index contributed by atoms with van der Waals surface area (Å²) in [6.45, 7) is 1.88. The van der Waals surface area contributed by atoms with Gasteiger partial charge >= 0.3 is 6.03 Å². The number of ether oxygens (including phenoxy) is 1. The first-order chi connectivity index (χ1) is 10.8. The van der Waals surface area contributed by atoms with Crippen molar-refractivity contribution in [3.63, 3.8) is 0 Å². The van der Waals surface area contributed by atoms with E-state index in [1.807, 2.05) is 42.5 Å². The summed E-state index contributed by atoms with van der Waals surface area (Å²) >= 11 is 0. The van der Waals surface area contributed by atoms with E-state index in [-0.39, 0.29) is 12.1 Å². The summed E-state index contributed by atoms with van der Waals surface area (Å²) in [5, 5.41) is 2.95. The molecule has 1 aliphatic rings. The molecule has 0 spiro atoms. The van der Waals surface area contributed by atoms with Gasteiger partial charge in [-0.15, -0.1) is 0 Å². The number of benzene rings is 1. The van der Waals surface area contributed by atoms with Gasteiger partial charge in [0.05, 0.1) is 6.54 Å². The number of aromatic nitrogens is 1. The Kier molecular flexibility index (Phi) is 4.53. The topological polar surface area (TPSA) is 54.5 Å². The molecule has 0 saturated carbocycles. The highest BCUT2D eigenvalue weighted by Gasteiger charge is 2.27. The van der Waals surface area contributed by atoms with Crippen LogP contribution in [0.5, 0.6) is 5.75 Å². The van der Waals surface area contributed by atoms with Gasteiger partial charge < -0.3 is 15.0 Å². The van der Waals surface area contributed by atoms with Gasteiger partial charge in [0, 0.05) is 31.9 Å². The molecule has 2 aromatic rings. The second-order valence-electron chi connectivity index (χ2n) is 5.30. The second kappa shape index (κ2) is 6.93. The summed E-state index contributed by atoms with van der Waals surface area (Å²) in [6.07, 6.45) is 4.30. The molecule has 1 N–H and O–H groups in total. The lowest BCUT2D eigenvalue weighted by molar-refractivity contribution is 0.186. The van der Waals surface area contributed by atoms with Crippen molar-refractivity contribution in [2.75, 3.05) is 13.1 Å². The number of hydrogen-bond donors (Lipinski definition) is 1. The molecule has 1 aromatic heterocycles. The first kappa shape index (κ1) is 14.4. The highest BCUT2D eigenvalue weighted by molar-refractivity contribution is 5.74. The van der Waals surface area contributed by atoms with Crippen LogP contribution in [0.15, 0.2) is 54.9 Å². The molecule has 5 heteroatoms. The quantitative estimate of drug-likeness (QED) is 0.943. The number of hydrogen-bond acceptors (Lipinski definition) is 3. The maximum atomic E-state index is 12.2. The molecule has 2 heterocycles. The summed E-state index contributed by atoms with van der Waals surface area (Å²) in [4.78, 5) is 17.9. The Bertz CT molecular complexity index is 604. The van der Waals surface area contributed by atoms with E-state index in [0.717, 1.165) is 24.3 Å². The van der Waals surface area contributed by atoms with E-state index in [9.17, 15) is 4.79 Å². The molecule has 1 aliphatic heterocycles. The first-order valence-electron chi connectivity index (χ1n) is 7.44. The zero-order chi connectivity index (χ0) is 15.2. The van der Waals surface area contributed by atoms with Crippen LogP contribution in [0.3, 0.4) is 0 Å². The van der Waals surface area contributed by atoms with Crippen molar-refractivity contribution < 1.29 is 9.53 Å². The number of likely N-dealkylation sites (tertiary alicyclic amines) is 1. The lowest BCUT2D eigenvalue weighted by Crippen LogP contribution is -2.39. The standard InChI is InChI=1S/C17H19N3O2/c21-17(19-12-14-4-2-1-3-5-14)20-11-8-16(13-20)22-15-6-9-18-10-7-15/h1-7,9-10,16H,8,11-13H2,(H,19,21). The molecule has 2 amide bonds. The molecule has 1 unspecified atom stereocenters. The van der Waals surface area contributed by atoms with E-state index < -0.39 is 0 Å². The molecule has 1 fully saturated rings. The van der Waals surface area contributed by atoms with Gasteiger partial charge in [-0.2, -0.15) is 0 Å². The number of nitrogens with one attached hydrogen (secondary N) is 1. The van der Waals surface area contributed by atoms with Crippen LogP contribution in [-0.4, -0.2) is 35.1 Å². The molecule has 22 heavy (non-hydrogen) atoms. The monoisotopic (exact) mass is 297 g/mol. The predicted molar refractivity (Wildman–Crippen MR) is 83.5 cm³/mol. The highest BCUT2D eigenvalue weighted by atomic mass is 16.5. The number of nitrogens with zero attached hydrogens (tertiary/aromatic N) is 2. The van der Waals surface area contributed by atoms with Gasteiger partial charge in [0.2, 0.25) is 0 Å². The van der Waals surface area contributed by atoms with E-state index in [0.29, 0.717) is 13.1 Å². The van der Waals surface area contributed by atoms with Gasteiger partial charge in [0.1, 0.15) is 11.9 Å². The fourth-order valence-corrected chi connectivity index (χ4v) is 2.50. The Morgan fingerprint density at radius 2 is 2.00 bits per heavy atom. The lowest BCUT2D eigenvalue weighted by Gasteiger charge is -2.18. The molecule has 1 atom stereocenters.